The monoisotopic (exact) mass is 494 g/mol. The number of likely N-dealkylation sites (tertiary alicyclic amines) is 1. The molecule has 1 aliphatic carbocycles. The normalized spacial score (nSPS) is 16.2. The van der Waals surface area contributed by atoms with E-state index < -0.39 is 0 Å². The maximum atomic E-state index is 12.1. The Bertz CT molecular complexity index is 997. The van der Waals surface area contributed by atoms with Gasteiger partial charge in [0.15, 0.2) is 0 Å². The van der Waals surface area contributed by atoms with Crippen LogP contribution >= 0.6 is 39.1 Å². The van der Waals surface area contributed by atoms with Gasteiger partial charge >= 0.3 is 6.09 Å². The van der Waals surface area contributed by atoms with Crippen molar-refractivity contribution in [3.8, 4) is 0 Å². The van der Waals surface area contributed by atoms with Crippen LogP contribution < -0.4 is 0 Å². The van der Waals surface area contributed by atoms with E-state index in [0.29, 0.717) is 19.7 Å². The Balaban J connectivity index is 1.81. The molecule has 2 aliphatic rings. The number of pyridine rings is 1. The van der Waals surface area contributed by atoms with Crippen molar-refractivity contribution in [2.45, 2.75) is 32.6 Å². The van der Waals surface area contributed by atoms with Crippen LogP contribution in [0.1, 0.15) is 42.1 Å². The molecule has 0 bridgehead atoms. The van der Waals surface area contributed by atoms with Gasteiger partial charge in [-0.15, -0.1) is 0 Å². The molecular weight excluding hydrogens is 475 g/mol. The highest BCUT2D eigenvalue weighted by Gasteiger charge is 2.28. The van der Waals surface area contributed by atoms with E-state index in [4.69, 9.17) is 32.9 Å². The summed E-state index contributed by atoms with van der Waals surface area (Å²) in [6, 6.07) is 6.06. The number of nitrogens with zero attached hydrogens (tertiary/aromatic N) is 2. The van der Waals surface area contributed by atoms with E-state index in [1.165, 1.54) is 16.7 Å². The van der Waals surface area contributed by atoms with Crippen LogP contribution in [0.3, 0.4) is 0 Å². The standard InChI is InChI=1S/C22H21BrCl2N2O2/c1-2-29-22(28)27-9-7-13(8-10-27)19-16-6-4-15(24)11-14(16)3-5-17-20(25)18(23)12-26-21(17)19/h4,6,11-12H,2-3,5,7-10H2,1H3. The predicted octanol–water partition coefficient (Wildman–Crippen LogP) is 6.30. The van der Waals surface area contributed by atoms with Crippen molar-refractivity contribution in [3.63, 3.8) is 0 Å². The molecule has 0 unspecified atom stereocenters. The summed E-state index contributed by atoms with van der Waals surface area (Å²) in [4.78, 5) is 18.6. The fraction of sp³-hybridized carbons (Fsp3) is 0.364. The van der Waals surface area contributed by atoms with Gasteiger partial charge in [0, 0.05) is 29.9 Å². The van der Waals surface area contributed by atoms with Gasteiger partial charge in [-0.25, -0.2) is 4.79 Å². The van der Waals surface area contributed by atoms with Crippen molar-refractivity contribution < 1.29 is 9.53 Å². The predicted molar refractivity (Wildman–Crippen MR) is 120 cm³/mol. The van der Waals surface area contributed by atoms with Crippen LogP contribution in [-0.4, -0.2) is 35.7 Å². The summed E-state index contributed by atoms with van der Waals surface area (Å²) >= 11 is 16.5. The molecule has 1 aliphatic heterocycles. The van der Waals surface area contributed by atoms with Crippen LogP contribution in [0, 0.1) is 0 Å². The van der Waals surface area contributed by atoms with Crippen LogP contribution in [-0.2, 0) is 17.6 Å². The second-order valence-corrected chi connectivity index (χ2v) is 8.88. The number of aryl methyl sites for hydroxylation is 1. The number of halogens is 3. The molecule has 2 aromatic rings. The minimum absolute atomic E-state index is 0.241. The highest BCUT2D eigenvalue weighted by atomic mass is 79.9. The lowest BCUT2D eigenvalue weighted by atomic mass is 9.88. The number of carbonyl (C=O) groups excluding carboxylic acids is 1. The van der Waals surface area contributed by atoms with Gasteiger partial charge in [0.05, 0.1) is 21.8 Å². The molecule has 1 fully saturated rings. The summed E-state index contributed by atoms with van der Waals surface area (Å²) in [5, 5.41) is 1.45. The summed E-state index contributed by atoms with van der Waals surface area (Å²) in [6.45, 7) is 3.50. The van der Waals surface area contributed by atoms with Crippen LogP contribution in [0.5, 0.6) is 0 Å². The molecule has 1 saturated heterocycles. The number of rotatable bonds is 1. The van der Waals surface area contributed by atoms with Gasteiger partial charge in [-0.2, -0.15) is 0 Å². The van der Waals surface area contributed by atoms with E-state index in [2.05, 4.69) is 22.0 Å². The Morgan fingerprint density at radius 2 is 1.97 bits per heavy atom. The summed E-state index contributed by atoms with van der Waals surface area (Å²) in [5.74, 6) is 0. The number of fused-ring (bicyclic) bond motifs is 2. The molecule has 4 rings (SSSR count). The molecule has 0 saturated carbocycles. The highest BCUT2D eigenvalue weighted by molar-refractivity contribution is 9.10. The number of benzene rings is 1. The summed E-state index contributed by atoms with van der Waals surface area (Å²) in [5.41, 5.74) is 6.81. The van der Waals surface area contributed by atoms with Crippen molar-refractivity contribution in [2.75, 3.05) is 19.7 Å². The number of hydrogen-bond donors (Lipinski definition) is 0. The van der Waals surface area contributed by atoms with E-state index in [1.54, 1.807) is 11.1 Å². The molecule has 7 heteroatoms. The van der Waals surface area contributed by atoms with Gasteiger partial charge in [-0.1, -0.05) is 34.8 Å². The first-order chi connectivity index (χ1) is 14.0. The average molecular weight is 496 g/mol. The van der Waals surface area contributed by atoms with Crippen LogP contribution in [0.15, 0.2) is 34.4 Å². The Morgan fingerprint density at radius 1 is 1.21 bits per heavy atom. The Kier molecular flexibility index (Phi) is 6.19. The van der Waals surface area contributed by atoms with E-state index in [1.807, 2.05) is 19.1 Å². The fourth-order valence-corrected chi connectivity index (χ4v) is 4.90. The topological polar surface area (TPSA) is 42.4 Å². The van der Waals surface area contributed by atoms with Crippen molar-refractivity contribution >= 4 is 50.8 Å². The first kappa shape index (κ1) is 20.7. The van der Waals surface area contributed by atoms with E-state index in [-0.39, 0.29) is 6.09 Å². The van der Waals surface area contributed by atoms with Gasteiger partial charge in [-0.3, -0.25) is 4.98 Å². The molecule has 0 spiro atoms. The molecule has 1 amide bonds. The Hall–Kier alpha value is -1.56. The molecule has 0 atom stereocenters. The number of hydrogen-bond acceptors (Lipinski definition) is 3. The maximum Gasteiger partial charge on any atom is 0.409 e. The minimum Gasteiger partial charge on any atom is -0.450 e. The lowest BCUT2D eigenvalue weighted by Gasteiger charge is -2.29. The number of piperidine rings is 1. The number of carbonyl (C=O) groups is 1. The Morgan fingerprint density at radius 3 is 2.69 bits per heavy atom. The number of aromatic nitrogens is 1. The van der Waals surface area contributed by atoms with Crippen LogP contribution in [0.4, 0.5) is 4.79 Å². The van der Waals surface area contributed by atoms with Gasteiger partial charge < -0.3 is 9.64 Å². The fourth-order valence-electron chi connectivity index (χ4n) is 4.13. The highest BCUT2D eigenvalue weighted by Crippen LogP contribution is 2.41. The second-order valence-electron chi connectivity index (χ2n) is 7.21. The summed E-state index contributed by atoms with van der Waals surface area (Å²) < 4.78 is 5.97. The van der Waals surface area contributed by atoms with Crippen molar-refractivity contribution in [3.05, 3.63) is 66.9 Å². The zero-order chi connectivity index (χ0) is 20.5. The molecule has 4 nitrogen and oxygen atoms in total. The third-order valence-corrected chi connectivity index (χ3v) is 7.03. The largest absolute Gasteiger partial charge is 0.450 e. The van der Waals surface area contributed by atoms with Gasteiger partial charge in [0.1, 0.15) is 0 Å². The smallest absolute Gasteiger partial charge is 0.409 e. The first-order valence-corrected chi connectivity index (χ1v) is 11.3. The van der Waals surface area contributed by atoms with Crippen molar-refractivity contribution in [1.29, 1.82) is 0 Å². The molecule has 0 radical (unpaired) electrons. The van der Waals surface area contributed by atoms with Gasteiger partial charge in [0.2, 0.25) is 0 Å². The molecule has 1 aromatic carbocycles. The van der Waals surface area contributed by atoms with E-state index in [0.717, 1.165) is 57.0 Å². The SMILES string of the molecule is CCOC(=O)N1CCC(=C2c3ccc(Cl)cc3CCc3c2ncc(Br)c3Cl)CC1. The third kappa shape index (κ3) is 4.05. The number of ether oxygens (including phenoxy) is 1. The van der Waals surface area contributed by atoms with Crippen molar-refractivity contribution in [1.82, 2.24) is 9.88 Å². The minimum atomic E-state index is -0.241. The summed E-state index contributed by atoms with van der Waals surface area (Å²) in [6.07, 6.45) is 4.76. The van der Waals surface area contributed by atoms with Crippen LogP contribution in [0.2, 0.25) is 10.0 Å². The van der Waals surface area contributed by atoms with Crippen LogP contribution in [0.25, 0.3) is 5.57 Å². The van der Waals surface area contributed by atoms with E-state index in [9.17, 15) is 4.79 Å². The quantitative estimate of drug-likeness (QED) is 0.465. The van der Waals surface area contributed by atoms with E-state index >= 15 is 0 Å². The molecule has 2 heterocycles. The van der Waals surface area contributed by atoms with Crippen molar-refractivity contribution in [2.24, 2.45) is 0 Å². The Labute approximate surface area is 189 Å². The first-order valence-electron chi connectivity index (χ1n) is 9.75. The lowest BCUT2D eigenvalue weighted by Crippen LogP contribution is -2.37. The summed E-state index contributed by atoms with van der Waals surface area (Å²) in [7, 11) is 0. The van der Waals surface area contributed by atoms with Gasteiger partial charge in [-0.05, 0) is 77.4 Å². The molecular formula is C22H21BrCl2N2O2. The molecule has 0 N–H and O–H groups in total. The average Bonchev–Trinajstić information content (AvgIpc) is 2.88. The molecule has 1 aromatic heterocycles. The maximum absolute atomic E-state index is 12.1. The second kappa shape index (κ2) is 8.66. The van der Waals surface area contributed by atoms with Gasteiger partial charge in [0.25, 0.3) is 0 Å². The zero-order valence-electron chi connectivity index (χ0n) is 16.1. The number of amides is 1. The zero-order valence-corrected chi connectivity index (χ0v) is 19.2. The lowest BCUT2D eigenvalue weighted by molar-refractivity contribution is 0.104. The molecule has 29 heavy (non-hydrogen) atoms. The third-order valence-electron chi connectivity index (χ3n) is 5.53. The molecule has 152 valence electrons.